The minimum atomic E-state index is -4.52. The van der Waals surface area contributed by atoms with Crippen molar-refractivity contribution in [2.45, 2.75) is 18.3 Å². The number of ether oxygens (including phenoxy) is 2. The fraction of sp³-hybridized carbons (Fsp3) is 0.208. The van der Waals surface area contributed by atoms with Crippen LogP contribution in [0.15, 0.2) is 78.9 Å². The van der Waals surface area contributed by atoms with E-state index in [-0.39, 0.29) is 12.5 Å². The molecule has 7 heteroatoms. The van der Waals surface area contributed by atoms with Crippen LogP contribution < -0.4 is 5.32 Å². The Morgan fingerprint density at radius 3 is 2.00 bits per heavy atom. The first-order chi connectivity index (χ1) is 14.9. The van der Waals surface area contributed by atoms with E-state index in [4.69, 9.17) is 9.47 Å². The summed E-state index contributed by atoms with van der Waals surface area (Å²) in [6.07, 6.45) is -6.65. The molecule has 1 atom stereocenters. The van der Waals surface area contributed by atoms with E-state index >= 15 is 0 Å². The van der Waals surface area contributed by atoms with Crippen LogP contribution in [0.4, 0.5) is 18.0 Å². The van der Waals surface area contributed by atoms with Crippen molar-refractivity contribution in [2.75, 3.05) is 13.2 Å². The van der Waals surface area contributed by atoms with Crippen molar-refractivity contribution in [1.29, 1.82) is 0 Å². The third-order valence-electron chi connectivity index (χ3n) is 5.11. The van der Waals surface area contributed by atoms with E-state index < -0.39 is 25.1 Å². The highest BCUT2D eigenvalue weighted by Crippen LogP contribution is 2.44. The molecule has 0 heterocycles. The molecule has 0 radical (unpaired) electrons. The van der Waals surface area contributed by atoms with Crippen LogP contribution in [0.1, 0.15) is 28.8 Å². The summed E-state index contributed by atoms with van der Waals surface area (Å²) in [5, 5.41) is 2.39. The molecular weight excluding hydrogens is 407 g/mol. The number of carbonyl (C=O) groups is 1. The van der Waals surface area contributed by atoms with E-state index in [0.717, 1.165) is 22.3 Å². The van der Waals surface area contributed by atoms with Crippen LogP contribution in [0, 0.1) is 0 Å². The maximum Gasteiger partial charge on any atom is 0.411 e. The lowest BCUT2D eigenvalue weighted by Crippen LogP contribution is -2.34. The van der Waals surface area contributed by atoms with Crippen molar-refractivity contribution in [3.63, 3.8) is 0 Å². The van der Waals surface area contributed by atoms with Gasteiger partial charge in [-0.15, -0.1) is 0 Å². The third-order valence-corrected chi connectivity index (χ3v) is 5.11. The van der Waals surface area contributed by atoms with Crippen LogP contribution in [0.3, 0.4) is 0 Å². The van der Waals surface area contributed by atoms with E-state index in [0.29, 0.717) is 5.56 Å². The van der Waals surface area contributed by atoms with Gasteiger partial charge in [0, 0.05) is 11.5 Å². The zero-order valence-electron chi connectivity index (χ0n) is 16.4. The molecule has 4 nitrogen and oxygen atoms in total. The minimum Gasteiger partial charge on any atom is -0.448 e. The van der Waals surface area contributed by atoms with Gasteiger partial charge in [0.25, 0.3) is 0 Å². The molecular formula is C24H20F3NO3. The monoisotopic (exact) mass is 427 g/mol. The van der Waals surface area contributed by atoms with Gasteiger partial charge < -0.3 is 9.47 Å². The number of hydrogen-bond donors (Lipinski definition) is 1. The number of rotatable bonds is 6. The van der Waals surface area contributed by atoms with Gasteiger partial charge in [-0.1, -0.05) is 78.9 Å². The van der Waals surface area contributed by atoms with Crippen molar-refractivity contribution in [1.82, 2.24) is 5.32 Å². The predicted molar refractivity (Wildman–Crippen MR) is 109 cm³/mol. The Hall–Kier alpha value is -3.32. The molecule has 0 bridgehead atoms. The third kappa shape index (κ3) is 4.88. The number of amides is 1. The summed E-state index contributed by atoms with van der Waals surface area (Å²) in [5.41, 5.74) is 4.65. The maximum absolute atomic E-state index is 12.6. The zero-order chi connectivity index (χ0) is 21.8. The summed E-state index contributed by atoms with van der Waals surface area (Å²) < 4.78 is 48.2. The first-order valence-electron chi connectivity index (χ1n) is 9.77. The smallest absolute Gasteiger partial charge is 0.411 e. The summed E-state index contributed by atoms with van der Waals surface area (Å²) in [4.78, 5) is 12.4. The highest BCUT2D eigenvalue weighted by Gasteiger charge is 2.31. The lowest BCUT2D eigenvalue weighted by atomic mass is 9.98. The number of benzene rings is 3. The van der Waals surface area contributed by atoms with Crippen LogP contribution in [0.2, 0.25) is 0 Å². The predicted octanol–water partition coefficient (Wildman–Crippen LogP) is 5.80. The molecule has 0 saturated heterocycles. The number of fused-ring (bicyclic) bond motifs is 3. The Kier molecular flexibility index (Phi) is 5.95. The Balaban J connectivity index is 1.45. The Labute approximate surface area is 177 Å². The van der Waals surface area contributed by atoms with Crippen molar-refractivity contribution in [3.8, 4) is 11.1 Å². The van der Waals surface area contributed by atoms with Gasteiger partial charge in [-0.25, -0.2) is 4.79 Å². The molecule has 4 rings (SSSR count). The highest BCUT2D eigenvalue weighted by atomic mass is 19.4. The summed E-state index contributed by atoms with van der Waals surface area (Å²) in [6, 6.07) is 23.9. The molecule has 160 valence electrons. The minimum absolute atomic E-state index is 0.0562. The van der Waals surface area contributed by atoms with E-state index in [1.165, 1.54) is 0 Å². The molecule has 0 saturated carbocycles. The molecule has 1 unspecified atom stereocenters. The lowest BCUT2D eigenvalue weighted by molar-refractivity contribution is -0.188. The van der Waals surface area contributed by atoms with Crippen LogP contribution in [-0.4, -0.2) is 25.5 Å². The number of hydrogen-bond acceptors (Lipinski definition) is 3. The maximum atomic E-state index is 12.6. The van der Waals surface area contributed by atoms with Gasteiger partial charge in [-0.05, 0) is 22.3 Å². The van der Waals surface area contributed by atoms with E-state index in [9.17, 15) is 18.0 Å². The Morgan fingerprint density at radius 1 is 0.871 bits per heavy atom. The number of alkyl carbamates (subject to hydrolysis) is 1. The molecule has 0 fully saturated rings. The van der Waals surface area contributed by atoms with Crippen molar-refractivity contribution in [2.24, 2.45) is 0 Å². The molecule has 0 spiro atoms. The SMILES string of the molecule is O=C(NC(OCC(F)(F)F)c1ccccc1)OCC1c2ccccc2-c2ccccc21. The number of halogens is 3. The molecule has 31 heavy (non-hydrogen) atoms. The standard InChI is InChI=1S/C24H20F3NO3/c25-24(26,27)15-31-22(16-8-2-1-3-9-16)28-23(29)30-14-21-19-12-6-4-10-17(19)18-11-5-7-13-20(18)21/h1-13,21-22H,14-15H2,(H,28,29). The molecule has 1 aliphatic carbocycles. The number of nitrogens with one attached hydrogen (secondary N) is 1. The van der Waals surface area contributed by atoms with Gasteiger partial charge in [0.2, 0.25) is 0 Å². The molecule has 3 aromatic carbocycles. The second kappa shape index (κ2) is 8.81. The van der Waals surface area contributed by atoms with Crippen LogP contribution >= 0.6 is 0 Å². The average molecular weight is 427 g/mol. The molecule has 1 amide bonds. The first-order valence-corrected chi connectivity index (χ1v) is 9.77. The number of alkyl halides is 3. The second-order valence-corrected chi connectivity index (χ2v) is 7.19. The quantitative estimate of drug-likeness (QED) is 0.506. The summed E-state index contributed by atoms with van der Waals surface area (Å²) in [7, 11) is 0. The molecule has 1 aliphatic rings. The van der Waals surface area contributed by atoms with Gasteiger partial charge >= 0.3 is 12.3 Å². The first kappa shape index (κ1) is 20.9. The van der Waals surface area contributed by atoms with Crippen LogP contribution in [-0.2, 0) is 9.47 Å². The second-order valence-electron chi connectivity index (χ2n) is 7.19. The molecule has 0 aromatic heterocycles. The molecule has 1 N–H and O–H groups in total. The summed E-state index contributed by atoms with van der Waals surface area (Å²) in [6.45, 7) is -1.43. The van der Waals surface area contributed by atoms with Gasteiger partial charge in [0.05, 0.1) is 0 Å². The lowest BCUT2D eigenvalue weighted by Gasteiger charge is -2.21. The van der Waals surface area contributed by atoms with Gasteiger partial charge in [0.15, 0.2) is 6.23 Å². The largest absolute Gasteiger partial charge is 0.448 e. The van der Waals surface area contributed by atoms with Gasteiger partial charge in [0.1, 0.15) is 13.2 Å². The van der Waals surface area contributed by atoms with E-state index in [2.05, 4.69) is 5.32 Å². The fourth-order valence-electron chi connectivity index (χ4n) is 3.77. The summed E-state index contributed by atoms with van der Waals surface area (Å²) >= 11 is 0. The average Bonchev–Trinajstić information content (AvgIpc) is 3.09. The van der Waals surface area contributed by atoms with E-state index in [1.54, 1.807) is 30.3 Å². The van der Waals surface area contributed by atoms with Gasteiger partial charge in [-0.3, -0.25) is 5.32 Å². The zero-order valence-corrected chi connectivity index (χ0v) is 16.4. The van der Waals surface area contributed by atoms with Crippen molar-refractivity contribution < 1.29 is 27.4 Å². The highest BCUT2D eigenvalue weighted by molar-refractivity contribution is 5.79. The Morgan fingerprint density at radius 2 is 1.42 bits per heavy atom. The Bertz CT molecular complexity index is 1010. The van der Waals surface area contributed by atoms with Crippen molar-refractivity contribution >= 4 is 6.09 Å². The van der Waals surface area contributed by atoms with Gasteiger partial charge in [-0.2, -0.15) is 13.2 Å². The van der Waals surface area contributed by atoms with Crippen LogP contribution in [0.5, 0.6) is 0 Å². The summed E-state index contributed by atoms with van der Waals surface area (Å²) in [5.74, 6) is -0.149. The molecule has 3 aromatic rings. The normalized spacial score (nSPS) is 13.9. The number of carbonyl (C=O) groups excluding carboxylic acids is 1. The van der Waals surface area contributed by atoms with Crippen molar-refractivity contribution in [3.05, 3.63) is 95.6 Å². The van der Waals surface area contributed by atoms with E-state index in [1.807, 2.05) is 48.5 Å². The van der Waals surface area contributed by atoms with Crippen LogP contribution in [0.25, 0.3) is 11.1 Å². The topological polar surface area (TPSA) is 47.6 Å². The fourth-order valence-corrected chi connectivity index (χ4v) is 3.77. The molecule has 0 aliphatic heterocycles.